The van der Waals surface area contributed by atoms with Crippen molar-refractivity contribution in [3.8, 4) is 0 Å². The fourth-order valence-electron chi connectivity index (χ4n) is 3.87. The van der Waals surface area contributed by atoms with Crippen molar-refractivity contribution in [1.29, 1.82) is 0 Å². The van der Waals surface area contributed by atoms with Crippen LogP contribution in [0.3, 0.4) is 0 Å². The molecule has 1 aromatic heterocycles. The molecule has 4 rings (SSSR count). The van der Waals surface area contributed by atoms with E-state index in [-0.39, 0.29) is 5.91 Å². The van der Waals surface area contributed by atoms with Crippen molar-refractivity contribution in [3.63, 3.8) is 0 Å². The number of rotatable bonds is 6. The maximum absolute atomic E-state index is 12.8. The summed E-state index contributed by atoms with van der Waals surface area (Å²) < 4.78 is 1.25. The summed E-state index contributed by atoms with van der Waals surface area (Å²) in [5.74, 6) is 0.613. The lowest BCUT2D eigenvalue weighted by Gasteiger charge is -2.32. The van der Waals surface area contributed by atoms with Crippen LogP contribution in [-0.4, -0.2) is 53.6 Å². The minimum absolute atomic E-state index is 0.184. The minimum Gasteiger partial charge on any atom is -0.340 e. The second-order valence-electron chi connectivity index (χ2n) is 7.69. The predicted molar refractivity (Wildman–Crippen MR) is 123 cm³/mol. The number of hydrogen-bond acceptors (Lipinski definition) is 5. The number of likely N-dealkylation sites (tertiary alicyclic amines) is 1. The molecule has 1 aliphatic heterocycles. The van der Waals surface area contributed by atoms with Gasteiger partial charge in [-0.2, -0.15) is 0 Å². The number of piperidine rings is 1. The highest BCUT2D eigenvalue weighted by atomic mass is 32.2. The first-order chi connectivity index (χ1) is 14.1. The molecule has 3 aromatic rings. The first-order valence-electron chi connectivity index (χ1n) is 10.1. The molecule has 2 aromatic carbocycles. The number of aromatic nitrogens is 1. The highest BCUT2D eigenvalue weighted by Crippen LogP contribution is 2.32. The molecule has 0 bridgehead atoms. The van der Waals surface area contributed by atoms with E-state index in [0.29, 0.717) is 19.0 Å². The Morgan fingerprint density at radius 3 is 2.79 bits per heavy atom. The Morgan fingerprint density at radius 2 is 2.03 bits per heavy atom. The predicted octanol–water partition coefficient (Wildman–Crippen LogP) is 4.86. The van der Waals surface area contributed by atoms with Crippen molar-refractivity contribution in [3.05, 3.63) is 59.1 Å². The highest BCUT2D eigenvalue weighted by molar-refractivity contribution is 7.98. The van der Waals surface area contributed by atoms with Crippen LogP contribution in [0.15, 0.2) is 53.4 Å². The van der Waals surface area contributed by atoms with Gasteiger partial charge in [-0.1, -0.05) is 24.3 Å². The van der Waals surface area contributed by atoms with Crippen LogP contribution in [0, 0.1) is 0 Å². The van der Waals surface area contributed by atoms with Crippen molar-refractivity contribution in [2.45, 2.75) is 30.2 Å². The average molecular weight is 426 g/mol. The molecule has 29 heavy (non-hydrogen) atoms. The third kappa shape index (κ3) is 5.00. The first kappa shape index (κ1) is 20.4. The Labute approximate surface area is 180 Å². The van der Waals surface area contributed by atoms with Crippen LogP contribution in [0.1, 0.15) is 29.3 Å². The zero-order valence-electron chi connectivity index (χ0n) is 17.0. The molecule has 0 unspecified atom stereocenters. The molecule has 1 saturated heterocycles. The SMILES string of the molecule is CSc1ccc(CN(C)C(=O)CN2CCC[C@@H](c3nc4ccccc4s3)C2)cc1. The lowest BCUT2D eigenvalue weighted by atomic mass is 9.98. The maximum atomic E-state index is 12.8. The second kappa shape index (κ2) is 9.28. The largest absolute Gasteiger partial charge is 0.340 e. The molecule has 0 radical (unpaired) electrons. The number of para-hydroxylation sites is 1. The number of thiazole rings is 1. The van der Waals surface area contributed by atoms with Gasteiger partial charge in [-0.25, -0.2) is 4.98 Å². The fourth-order valence-corrected chi connectivity index (χ4v) is 5.37. The van der Waals surface area contributed by atoms with Crippen molar-refractivity contribution < 1.29 is 4.79 Å². The summed E-state index contributed by atoms with van der Waals surface area (Å²) in [4.78, 5) is 23.0. The summed E-state index contributed by atoms with van der Waals surface area (Å²) in [6, 6.07) is 16.8. The van der Waals surface area contributed by atoms with E-state index in [1.807, 2.05) is 18.0 Å². The van der Waals surface area contributed by atoms with Crippen LogP contribution in [-0.2, 0) is 11.3 Å². The Morgan fingerprint density at radius 1 is 1.24 bits per heavy atom. The standard InChI is InChI=1S/C23H27N3OS2/c1-25(14-17-9-11-19(28-2)12-10-17)22(27)16-26-13-5-6-18(15-26)23-24-20-7-3-4-8-21(20)29-23/h3-4,7-12,18H,5-6,13-16H2,1-2H3/t18-/m1/s1. The summed E-state index contributed by atoms with van der Waals surface area (Å²) in [6.07, 6.45) is 4.35. The van der Waals surface area contributed by atoms with E-state index in [2.05, 4.69) is 53.6 Å². The number of thioether (sulfide) groups is 1. The normalized spacial score (nSPS) is 17.5. The highest BCUT2D eigenvalue weighted by Gasteiger charge is 2.26. The fraction of sp³-hybridized carbons (Fsp3) is 0.391. The number of fused-ring (bicyclic) bond motifs is 1. The van der Waals surface area contributed by atoms with E-state index in [1.54, 1.807) is 23.1 Å². The molecule has 2 heterocycles. The number of nitrogens with zero attached hydrogens (tertiary/aromatic N) is 3. The summed E-state index contributed by atoms with van der Waals surface area (Å²) in [5, 5.41) is 1.21. The second-order valence-corrected chi connectivity index (χ2v) is 9.63. The van der Waals surface area contributed by atoms with E-state index >= 15 is 0 Å². The summed E-state index contributed by atoms with van der Waals surface area (Å²) in [7, 11) is 1.90. The van der Waals surface area contributed by atoms with E-state index in [0.717, 1.165) is 31.4 Å². The van der Waals surface area contributed by atoms with Crippen LogP contribution in [0.2, 0.25) is 0 Å². The van der Waals surface area contributed by atoms with Crippen LogP contribution in [0.5, 0.6) is 0 Å². The number of carbonyl (C=O) groups is 1. The molecule has 0 aliphatic carbocycles. The number of amides is 1. The topological polar surface area (TPSA) is 36.4 Å². The Kier molecular flexibility index (Phi) is 6.53. The van der Waals surface area contributed by atoms with Gasteiger partial charge in [0.15, 0.2) is 0 Å². The van der Waals surface area contributed by atoms with Crippen LogP contribution < -0.4 is 0 Å². The van der Waals surface area contributed by atoms with Gasteiger partial charge in [-0.3, -0.25) is 9.69 Å². The molecule has 1 fully saturated rings. The van der Waals surface area contributed by atoms with Gasteiger partial charge in [0.05, 0.1) is 21.8 Å². The van der Waals surface area contributed by atoms with Gasteiger partial charge >= 0.3 is 0 Å². The lowest BCUT2D eigenvalue weighted by molar-refractivity contribution is -0.131. The van der Waals surface area contributed by atoms with Gasteiger partial charge in [0.1, 0.15) is 0 Å². The molecule has 0 spiro atoms. The van der Waals surface area contributed by atoms with Crippen molar-refractivity contribution in [1.82, 2.24) is 14.8 Å². The third-order valence-electron chi connectivity index (χ3n) is 5.53. The molecule has 6 heteroatoms. The van der Waals surface area contributed by atoms with Gasteiger partial charge in [0, 0.05) is 31.0 Å². The van der Waals surface area contributed by atoms with Crippen molar-refractivity contribution >= 4 is 39.2 Å². The number of benzene rings is 2. The summed E-state index contributed by atoms with van der Waals surface area (Å²) in [6.45, 7) is 3.05. The average Bonchev–Trinajstić information content (AvgIpc) is 3.19. The summed E-state index contributed by atoms with van der Waals surface area (Å²) in [5.41, 5.74) is 2.26. The quantitative estimate of drug-likeness (QED) is 0.529. The van der Waals surface area contributed by atoms with Gasteiger partial charge in [0.2, 0.25) is 5.91 Å². The van der Waals surface area contributed by atoms with E-state index in [9.17, 15) is 4.79 Å². The van der Waals surface area contributed by atoms with E-state index < -0.39 is 0 Å². The molecule has 0 saturated carbocycles. The Hall–Kier alpha value is -1.89. The lowest BCUT2D eigenvalue weighted by Crippen LogP contribution is -2.42. The van der Waals surface area contributed by atoms with Crippen molar-refractivity contribution in [2.75, 3.05) is 32.9 Å². The Bertz CT molecular complexity index is 937. The third-order valence-corrected chi connectivity index (χ3v) is 7.47. The minimum atomic E-state index is 0.184. The molecule has 1 amide bonds. The maximum Gasteiger partial charge on any atom is 0.236 e. The van der Waals surface area contributed by atoms with Crippen LogP contribution in [0.4, 0.5) is 0 Å². The monoisotopic (exact) mass is 425 g/mol. The molecule has 0 N–H and O–H groups in total. The summed E-state index contributed by atoms with van der Waals surface area (Å²) >= 11 is 3.53. The number of likely N-dealkylation sites (N-methyl/N-ethyl adjacent to an activating group) is 1. The molecular weight excluding hydrogens is 398 g/mol. The van der Waals surface area contributed by atoms with Crippen LogP contribution in [0.25, 0.3) is 10.2 Å². The van der Waals surface area contributed by atoms with Gasteiger partial charge in [0.25, 0.3) is 0 Å². The smallest absolute Gasteiger partial charge is 0.236 e. The number of hydrogen-bond donors (Lipinski definition) is 0. The van der Waals surface area contributed by atoms with E-state index in [4.69, 9.17) is 4.98 Å². The first-order valence-corrected chi connectivity index (χ1v) is 12.1. The number of carbonyl (C=O) groups excluding carboxylic acids is 1. The van der Waals surface area contributed by atoms with Crippen molar-refractivity contribution in [2.24, 2.45) is 0 Å². The molecular formula is C23H27N3OS2. The van der Waals surface area contributed by atoms with Gasteiger partial charge < -0.3 is 4.90 Å². The molecule has 1 aliphatic rings. The molecule has 4 nitrogen and oxygen atoms in total. The zero-order valence-corrected chi connectivity index (χ0v) is 18.6. The molecule has 152 valence electrons. The van der Waals surface area contributed by atoms with Crippen LogP contribution >= 0.6 is 23.1 Å². The van der Waals surface area contributed by atoms with E-state index in [1.165, 1.54) is 20.2 Å². The van der Waals surface area contributed by atoms with Gasteiger partial charge in [-0.05, 0) is 55.5 Å². The molecule has 1 atom stereocenters. The Balaban J connectivity index is 1.34. The zero-order chi connectivity index (χ0) is 20.2. The van der Waals surface area contributed by atoms with Gasteiger partial charge in [-0.15, -0.1) is 23.1 Å².